The van der Waals surface area contributed by atoms with E-state index in [4.69, 9.17) is 5.26 Å². The van der Waals surface area contributed by atoms with E-state index in [-0.39, 0.29) is 0 Å². The van der Waals surface area contributed by atoms with Crippen LogP contribution in [0.4, 0.5) is 0 Å². The standard InChI is InChI=1S/C5H4N2S/c6-5-7-1-3-8-4-2-7/h1-4H. The van der Waals surface area contributed by atoms with Gasteiger partial charge < -0.3 is 0 Å². The first kappa shape index (κ1) is 5.26. The molecule has 1 heterocycles. The molecule has 40 valence electrons. The van der Waals surface area contributed by atoms with Gasteiger partial charge in [-0.25, -0.2) is 0 Å². The van der Waals surface area contributed by atoms with Gasteiger partial charge in [0.05, 0.1) is 0 Å². The normalized spacial score (nSPS) is 16.1. The Morgan fingerprint density at radius 2 is 2.00 bits per heavy atom. The molecule has 0 saturated heterocycles. The Labute approximate surface area is 52.1 Å². The van der Waals surface area contributed by atoms with Crippen LogP contribution in [-0.2, 0) is 0 Å². The predicted molar refractivity (Wildman–Crippen MR) is 33.3 cm³/mol. The number of nitriles is 1. The maximum atomic E-state index is 8.26. The summed E-state index contributed by atoms with van der Waals surface area (Å²) < 4.78 is 0. The lowest BCUT2D eigenvalue weighted by molar-refractivity contribution is 0.718. The molecule has 8 heavy (non-hydrogen) atoms. The fraction of sp³-hybridized carbons (Fsp3) is 0. The van der Waals surface area contributed by atoms with Crippen LogP contribution in [0.5, 0.6) is 0 Å². The van der Waals surface area contributed by atoms with Crippen LogP contribution in [0.1, 0.15) is 0 Å². The molecular weight excluding hydrogens is 120 g/mol. The zero-order chi connectivity index (χ0) is 5.82. The Bertz CT molecular complexity index is 154. The van der Waals surface area contributed by atoms with E-state index in [2.05, 4.69) is 0 Å². The van der Waals surface area contributed by atoms with Crippen molar-refractivity contribution >= 4 is 11.8 Å². The molecular formula is C5H4N2S. The summed E-state index contributed by atoms with van der Waals surface area (Å²) in [6, 6.07) is 0. The van der Waals surface area contributed by atoms with Crippen molar-refractivity contribution < 1.29 is 0 Å². The van der Waals surface area contributed by atoms with Crippen molar-refractivity contribution in [2.75, 3.05) is 0 Å². The lowest BCUT2D eigenvalue weighted by atomic mass is 10.7. The molecule has 0 aliphatic carbocycles. The molecule has 1 aliphatic heterocycles. The first-order valence-corrected chi connectivity index (χ1v) is 3.04. The van der Waals surface area contributed by atoms with Gasteiger partial charge in [-0.15, -0.1) is 11.8 Å². The van der Waals surface area contributed by atoms with Crippen LogP contribution >= 0.6 is 11.8 Å². The molecule has 0 aromatic heterocycles. The monoisotopic (exact) mass is 124 g/mol. The van der Waals surface area contributed by atoms with Gasteiger partial charge in [0.25, 0.3) is 0 Å². The third-order valence-electron chi connectivity index (χ3n) is 0.716. The molecule has 0 atom stereocenters. The number of hydrogen-bond donors (Lipinski definition) is 0. The Kier molecular flexibility index (Phi) is 1.60. The lowest BCUT2D eigenvalue weighted by Crippen LogP contribution is -1.99. The third kappa shape index (κ3) is 1.04. The molecule has 0 aromatic carbocycles. The maximum Gasteiger partial charge on any atom is 0.188 e. The van der Waals surface area contributed by atoms with Crippen LogP contribution in [0.25, 0.3) is 0 Å². The van der Waals surface area contributed by atoms with Crippen molar-refractivity contribution in [3.8, 4) is 6.19 Å². The summed E-state index contributed by atoms with van der Waals surface area (Å²) in [5, 5.41) is 12.0. The molecule has 1 rings (SSSR count). The minimum Gasteiger partial charge on any atom is -0.261 e. The largest absolute Gasteiger partial charge is 0.261 e. The molecule has 0 saturated carbocycles. The molecule has 0 aromatic rings. The zero-order valence-electron chi connectivity index (χ0n) is 4.11. The van der Waals surface area contributed by atoms with Crippen molar-refractivity contribution in [1.29, 1.82) is 5.26 Å². The van der Waals surface area contributed by atoms with Crippen LogP contribution in [0.3, 0.4) is 0 Å². The predicted octanol–water partition coefficient (Wildman–Crippen LogP) is 1.46. The van der Waals surface area contributed by atoms with E-state index in [1.807, 2.05) is 17.0 Å². The maximum absolute atomic E-state index is 8.26. The van der Waals surface area contributed by atoms with E-state index < -0.39 is 0 Å². The minimum atomic E-state index is 1.44. The smallest absolute Gasteiger partial charge is 0.188 e. The number of nitrogens with zero attached hydrogens (tertiary/aromatic N) is 2. The molecule has 0 amide bonds. The van der Waals surface area contributed by atoms with Crippen molar-refractivity contribution in [3.05, 3.63) is 23.2 Å². The van der Waals surface area contributed by atoms with Gasteiger partial charge in [0.1, 0.15) is 0 Å². The van der Waals surface area contributed by atoms with E-state index >= 15 is 0 Å². The van der Waals surface area contributed by atoms with Crippen LogP contribution < -0.4 is 0 Å². The van der Waals surface area contributed by atoms with Gasteiger partial charge in [-0.1, -0.05) is 0 Å². The Hall–Kier alpha value is -0.880. The second-order valence-electron chi connectivity index (χ2n) is 1.21. The first-order chi connectivity index (χ1) is 3.93. The summed E-state index contributed by atoms with van der Waals surface area (Å²) in [5.74, 6) is 0. The van der Waals surface area contributed by atoms with Gasteiger partial charge in [0.15, 0.2) is 6.19 Å². The number of rotatable bonds is 0. The third-order valence-corrected chi connectivity index (χ3v) is 1.27. The summed E-state index contributed by atoms with van der Waals surface area (Å²) >= 11 is 1.56. The average Bonchev–Trinajstić information content (AvgIpc) is 1.90. The molecule has 3 heteroatoms. The fourth-order valence-electron chi connectivity index (χ4n) is 0.363. The van der Waals surface area contributed by atoms with Crippen molar-refractivity contribution in [3.63, 3.8) is 0 Å². The molecule has 0 spiro atoms. The van der Waals surface area contributed by atoms with E-state index in [0.717, 1.165) is 0 Å². The van der Waals surface area contributed by atoms with Gasteiger partial charge in [0, 0.05) is 12.4 Å². The Morgan fingerprint density at radius 3 is 2.38 bits per heavy atom. The van der Waals surface area contributed by atoms with Crippen LogP contribution in [-0.4, -0.2) is 4.90 Å². The number of hydrogen-bond acceptors (Lipinski definition) is 3. The summed E-state index contributed by atoms with van der Waals surface area (Å²) in [4.78, 5) is 1.44. The highest BCUT2D eigenvalue weighted by atomic mass is 32.2. The average molecular weight is 124 g/mol. The quantitative estimate of drug-likeness (QED) is 0.457. The van der Waals surface area contributed by atoms with E-state index in [0.29, 0.717) is 0 Å². The van der Waals surface area contributed by atoms with Gasteiger partial charge in [-0.05, 0) is 10.8 Å². The van der Waals surface area contributed by atoms with Gasteiger partial charge >= 0.3 is 0 Å². The van der Waals surface area contributed by atoms with Crippen molar-refractivity contribution in [1.82, 2.24) is 4.90 Å². The molecule has 0 radical (unpaired) electrons. The highest BCUT2D eigenvalue weighted by molar-refractivity contribution is 8.04. The second-order valence-corrected chi connectivity index (χ2v) is 2.03. The van der Waals surface area contributed by atoms with Gasteiger partial charge in [0.2, 0.25) is 0 Å². The molecule has 0 fully saturated rings. The minimum absolute atomic E-state index is 1.44. The molecule has 2 nitrogen and oxygen atoms in total. The van der Waals surface area contributed by atoms with Crippen molar-refractivity contribution in [2.45, 2.75) is 0 Å². The Balaban J connectivity index is 2.58. The first-order valence-electron chi connectivity index (χ1n) is 2.10. The highest BCUT2D eigenvalue weighted by Gasteiger charge is 1.90. The molecule has 0 bridgehead atoms. The number of thioether (sulfide) groups is 1. The summed E-state index contributed by atoms with van der Waals surface area (Å²) in [6.07, 6.45) is 5.38. The van der Waals surface area contributed by atoms with E-state index in [1.165, 1.54) is 4.90 Å². The molecule has 0 N–H and O–H groups in total. The topological polar surface area (TPSA) is 27.0 Å². The van der Waals surface area contributed by atoms with Crippen LogP contribution in [0, 0.1) is 11.5 Å². The van der Waals surface area contributed by atoms with Crippen LogP contribution in [0.15, 0.2) is 23.2 Å². The molecule has 0 unspecified atom stereocenters. The van der Waals surface area contributed by atoms with Crippen molar-refractivity contribution in [2.24, 2.45) is 0 Å². The molecule has 1 aliphatic rings. The van der Waals surface area contributed by atoms with E-state index in [9.17, 15) is 0 Å². The van der Waals surface area contributed by atoms with Gasteiger partial charge in [-0.2, -0.15) is 5.26 Å². The summed E-state index contributed by atoms with van der Waals surface area (Å²) in [7, 11) is 0. The zero-order valence-corrected chi connectivity index (χ0v) is 4.93. The van der Waals surface area contributed by atoms with E-state index in [1.54, 1.807) is 24.2 Å². The Morgan fingerprint density at radius 1 is 1.38 bits per heavy atom. The van der Waals surface area contributed by atoms with Gasteiger partial charge in [-0.3, -0.25) is 4.90 Å². The lowest BCUT2D eigenvalue weighted by Gasteiger charge is -2.03. The summed E-state index contributed by atoms with van der Waals surface area (Å²) in [6.45, 7) is 0. The SMILES string of the molecule is N#CN1C=CSC=C1. The second kappa shape index (κ2) is 2.43. The highest BCUT2D eigenvalue weighted by Crippen LogP contribution is 2.10. The van der Waals surface area contributed by atoms with Crippen LogP contribution in [0.2, 0.25) is 0 Å². The fourth-order valence-corrected chi connectivity index (χ4v) is 0.857. The summed E-state index contributed by atoms with van der Waals surface area (Å²) in [5.41, 5.74) is 0.